The third kappa shape index (κ3) is 3.73. The number of fused-ring (bicyclic) bond motifs is 2. The molecule has 0 saturated heterocycles. The summed E-state index contributed by atoms with van der Waals surface area (Å²) < 4.78 is 61.5. The van der Waals surface area contributed by atoms with Crippen LogP contribution in [-0.2, 0) is 22.9 Å². The Morgan fingerprint density at radius 3 is 2.76 bits per heavy atom. The number of anilines is 1. The SMILES string of the molecule is COc1ccc2c(c1S(=O)(=O)Nc1noc3cc(C(F)n4cccn4)nc(OC)c13)CCCC2. The van der Waals surface area contributed by atoms with Crippen LogP contribution >= 0.6 is 0 Å². The Kier molecular flexibility index (Phi) is 5.60. The molecule has 12 heteroatoms. The van der Waals surface area contributed by atoms with Crippen molar-refractivity contribution in [1.29, 1.82) is 0 Å². The van der Waals surface area contributed by atoms with E-state index in [-0.39, 0.29) is 39.0 Å². The van der Waals surface area contributed by atoms with Crippen LogP contribution in [0.5, 0.6) is 11.6 Å². The molecule has 1 unspecified atom stereocenters. The van der Waals surface area contributed by atoms with Gasteiger partial charge in [-0.2, -0.15) is 5.10 Å². The molecule has 0 radical (unpaired) electrons. The zero-order valence-electron chi connectivity index (χ0n) is 18.5. The van der Waals surface area contributed by atoms with Gasteiger partial charge in [0.1, 0.15) is 21.7 Å². The number of nitrogens with zero attached hydrogens (tertiary/aromatic N) is 4. The average Bonchev–Trinajstić information content (AvgIpc) is 3.52. The molecule has 4 aromatic rings. The van der Waals surface area contributed by atoms with Gasteiger partial charge in [-0.25, -0.2) is 22.5 Å². The molecular formula is C22H22FN5O5S. The first-order valence-corrected chi connectivity index (χ1v) is 12.1. The quantitative estimate of drug-likeness (QED) is 0.419. The van der Waals surface area contributed by atoms with E-state index >= 15 is 0 Å². The van der Waals surface area contributed by atoms with Crippen molar-refractivity contribution in [3.8, 4) is 11.6 Å². The predicted molar refractivity (Wildman–Crippen MR) is 120 cm³/mol. The van der Waals surface area contributed by atoms with E-state index in [4.69, 9.17) is 14.0 Å². The monoisotopic (exact) mass is 487 g/mol. The van der Waals surface area contributed by atoms with Crippen molar-refractivity contribution < 1.29 is 26.8 Å². The number of pyridine rings is 1. The minimum atomic E-state index is -4.11. The lowest BCUT2D eigenvalue weighted by Gasteiger charge is -2.21. The van der Waals surface area contributed by atoms with Crippen molar-refractivity contribution >= 4 is 26.8 Å². The van der Waals surface area contributed by atoms with E-state index < -0.39 is 16.3 Å². The van der Waals surface area contributed by atoms with Gasteiger partial charge in [0.25, 0.3) is 10.0 Å². The Morgan fingerprint density at radius 2 is 2.03 bits per heavy atom. The zero-order chi connectivity index (χ0) is 23.9. The number of benzene rings is 1. The first-order chi connectivity index (χ1) is 16.4. The standard InChI is InChI=1S/C22H22FN5O5S/c1-31-16-9-8-13-6-3-4-7-14(13)19(16)34(29,30)27-21-18-17(33-26-21)12-15(25-22(18)32-2)20(23)28-11-5-10-24-28/h5,8-12,20H,3-4,6-7H2,1-2H3,(H,26,27). The number of aryl methyl sites for hydroxylation is 1. The van der Waals surface area contributed by atoms with Gasteiger partial charge in [-0.3, -0.25) is 4.72 Å². The Hall–Kier alpha value is -3.67. The van der Waals surface area contributed by atoms with Crippen molar-refractivity contribution in [1.82, 2.24) is 19.9 Å². The van der Waals surface area contributed by atoms with Crippen LogP contribution in [0.4, 0.5) is 10.2 Å². The third-order valence-corrected chi connectivity index (χ3v) is 7.25. The van der Waals surface area contributed by atoms with Gasteiger partial charge in [0.2, 0.25) is 12.2 Å². The smallest absolute Gasteiger partial charge is 0.267 e. The average molecular weight is 488 g/mol. The molecule has 0 amide bonds. The van der Waals surface area contributed by atoms with Crippen LogP contribution in [0.15, 0.2) is 46.1 Å². The summed E-state index contributed by atoms with van der Waals surface area (Å²) in [6.07, 6.45) is 4.52. The van der Waals surface area contributed by atoms with Crippen LogP contribution in [0.1, 0.15) is 36.0 Å². The summed E-state index contributed by atoms with van der Waals surface area (Å²) >= 11 is 0. The molecule has 1 atom stereocenters. The molecule has 1 aromatic carbocycles. The second-order valence-corrected chi connectivity index (χ2v) is 9.45. The van der Waals surface area contributed by atoms with Crippen LogP contribution in [0.2, 0.25) is 0 Å². The van der Waals surface area contributed by atoms with Gasteiger partial charge < -0.3 is 14.0 Å². The largest absolute Gasteiger partial charge is 0.495 e. The number of halogens is 1. The zero-order valence-corrected chi connectivity index (χ0v) is 19.3. The van der Waals surface area contributed by atoms with Crippen LogP contribution in [0.3, 0.4) is 0 Å². The lowest BCUT2D eigenvalue weighted by Crippen LogP contribution is -2.19. The molecule has 5 rings (SSSR count). The van der Waals surface area contributed by atoms with Gasteiger partial charge in [0, 0.05) is 18.5 Å². The Bertz CT molecular complexity index is 1450. The van der Waals surface area contributed by atoms with E-state index in [9.17, 15) is 12.8 Å². The van der Waals surface area contributed by atoms with E-state index in [1.807, 2.05) is 6.07 Å². The number of sulfonamides is 1. The number of rotatable bonds is 7. The molecule has 1 aliphatic carbocycles. The Labute approximate surface area is 194 Å². The van der Waals surface area contributed by atoms with Crippen LogP contribution in [0.25, 0.3) is 11.0 Å². The molecule has 0 spiro atoms. The maximum absolute atomic E-state index is 14.9. The maximum Gasteiger partial charge on any atom is 0.267 e. The first-order valence-electron chi connectivity index (χ1n) is 10.6. The van der Waals surface area contributed by atoms with Gasteiger partial charge in [-0.05, 0) is 48.9 Å². The number of nitrogens with one attached hydrogen (secondary N) is 1. The van der Waals surface area contributed by atoms with E-state index in [1.54, 1.807) is 12.1 Å². The van der Waals surface area contributed by atoms with E-state index in [0.29, 0.717) is 6.42 Å². The molecule has 0 bridgehead atoms. The summed E-state index contributed by atoms with van der Waals surface area (Å²) in [6.45, 7) is 0. The second kappa shape index (κ2) is 8.60. The highest BCUT2D eigenvalue weighted by molar-refractivity contribution is 7.92. The van der Waals surface area contributed by atoms with Crippen molar-refractivity contribution in [2.45, 2.75) is 36.9 Å². The summed E-state index contributed by atoms with van der Waals surface area (Å²) in [6, 6.07) is 6.48. The molecule has 1 N–H and O–H groups in total. The van der Waals surface area contributed by atoms with Gasteiger partial charge in [0.05, 0.1) is 14.2 Å². The summed E-state index contributed by atoms with van der Waals surface area (Å²) in [5, 5.41) is 7.92. The molecule has 0 fully saturated rings. The Morgan fingerprint density at radius 1 is 1.21 bits per heavy atom. The fourth-order valence-corrected chi connectivity index (χ4v) is 5.71. The number of hydrogen-bond donors (Lipinski definition) is 1. The Balaban J connectivity index is 1.57. The van der Waals surface area contributed by atoms with Crippen LogP contribution in [0, 0.1) is 0 Å². The highest BCUT2D eigenvalue weighted by atomic mass is 32.2. The van der Waals surface area contributed by atoms with E-state index in [1.165, 1.54) is 32.7 Å². The number of hydrogen-bond acceptors (Lipinski definition) is 8. The lowest BCUT2D eigenvalue weighted by atomic mass is 9.91. The fourth-order valence-electron chi connectivity index (χ4n) is 4.24. The molecule has 3 heterocycles. The summed E-state index contributed by atoms with van der Waals surface area (Å²) in [5.41, 5.74) is 1.79. The van der Waals surface area contributed by atoms with Crippen molar-refractivity contribution in [2.24, 2.45) is 0 Å². The molecule has 1 aliphatic rings. The number of ether oxygens (including phenoxy) is 2. The number of alkyl halides is 1. The van der Waals surface area contributed by atoms with Gasteiger partial charge >= 0.3 is 0 Å². The first kappa shape index (κ1) is 22.1. The maximum atomic E-state index is 14.9. The predicted octanol–water partition coefficient (Wildman–Crippen LogP) is 3.63. The van der Waals surface area contributed by atoms with Crippen LogP contribution < -0.4 is 14.2 Å². The highest BCUT2D eigenvalue weighted by Gasteiger charge is 2.30. The molecular weight excluding hydrogens is 465 g/mol. The summed E-state index contributed by atoms with van der Waals surface area (Å²) in [5.74, 6) is 0.0898. The summed E-state index contributed by atoms with van der Waals surface area (Å²) in [7, 11) is -1.35. The highest BCUT2D eigenvalue weighted by Crippen LogP contribution is 2.38. The van der Waals surface area contributed by atoms with E-state index in [2.05, 4.69) is 20.0 Å². The topological polar surface area (TPSA) is 121 Å². The van der Waals surface area contributed by atoms with Gasteiger partial charge in [-0.15, -0.1) is 0 Å². The van der Waals surface area contributed by atoms with Crippen molar-refractivity contribution in [3.63, 3.8) is 0 Å². The third-order valence-electron chi connectivity index (χ3n) is 5.80. The fraction of sp³-hybridized carbons (Fsp3) is 0.318. The van der Waals surface area contributed by atoms with Crippen molar-refractivity contribution in [3.05, 3.63) is 53.5 Å². The summed E-state index contributed by atoms with van der Waals surface area (Å²) in [4.78, 5) is 4.28. The van der Waals surface area contributed by atoms with Gasteiger partial charge in [0.15, 0.2) is 11.4 Å². The minimum Gasteiger partial charge on any atom is -0.495 e. The van der Waals surface area contributed by atoms with Crippen LogP contribution in [-0.4, -0.2) is 42.6 Å². The number of methoxy groups -OCH3 is 2. The minimum absolute atomic E-state index is 0.0302. The van der Waals surface area contributed by atoms with E-state index in [0.717, 1.165) is 35.1 Å². The van der Waals surface area contributed by atoms with Gasteiger partial charge in [-0.1, -0.05) is 11.2 Å². The molecule has 178 valence electrons. The normalized spacial score (nSPS) is 14.6. The molecule has 10 nitrogen and oxygen atoms in total. The second-order valence-electron chi connectivity index (χ2n) is 7.83. The molecule has 0 aliphatic heterocycles. The number of aromatic nitrogens is 4. The molecule has 3 aromatic heterocycles. The molecule has 34 heavy (non-hydrogen) atoms. The molecule has 0 saturated carbocycles. The van der Waals surface area contributed by atoms with Crippen molar-refractivity contribution in [2.75, 3.05) is 18.9 Å². The lowest BCUT2D eigenvalue weighted by molar-refractivity contribution is 0.262.